The lowest BCUT2D eigenvalue weighted by Gasteiger charge is -2.10. The van der Waals surface area contributed by atoms with Crippen LogP contribution in [0.4, 0.5) is 10.1 Å². The zero-order chi connectivity index (χ0) is 19.4. The molecule has 1 heterocycles. The zero-order valence-corrected chi connectivity index (χ0v) is 15.4. The first kappa shape index (κ1) is 18.5. The molecular weight excluding hydrogens is 345 g/mol. The highest BCUT2D eigenvalue weighted by atomic mass is 19.1. The van der Waals surface area contributed by atoms with E-state index in [1.165, 1.54) is 12.1 Å². The molecule has 0 saturated carbocycles. The Balaban J connectivity index is 1.68. The van der Waals surface area contributed by atoms with Crippen molar-refractivity contribution in [3.05, 3.63) is 71.2 Å². The highest BCUT2D eigenvalue weighted by Crippen LogP contribution is 2.20. The van der Waals surface area contributed by atoms with E-state index in [9.17, 15) is 9.18 Å². The van der Waals surface area contributed by atoms with Crippen molar-refractivity contribution in [3.63, 3.8) is 0 Å². The van der Waals surface area contributed by atoms with Crippen molar-refractivity contribution in [3.8, 4) is 17.3 Å². The van der Waals surface area contributed by atoms with E-state index in [1.54, 1.807) is 19.1 Å². The van der Waals surface area contributed by atoms with Crippen molar-refractivity contribution in [2.75, 3.05) is 11.9 Å². The van der Waals surface area contributed by atoms with E-state index >= 15 is 0 Å². The van der Waals surface area contributed by atoms with Gasteiger partial charge in [0.05, 0.1) is 5.69 Å². The van der Waals surface area contributed by atoms with Crippen LogP contribution in [0.15, 0.2) is 48.5 Å². The average Bonchev–Trinajstić information content (AvgIpc) is 2.62. The molecule has 0 aliphatic rings. The summed E-state index contributed by atoms with van der Waals surface area (Å²) in [7, 11) is 0. The molecule has 0 radical (unpaired) electrons. The van der Waals surface area contributed by atoms with Gasteiger partial charge in [0.2, 0.25) is 5.88 Å². The Kier molecular flexibility index (Phi) is 5.45. The number of hydrogen-bond donors (Lipinski definition) is 1. The maximum absolute atomic E-state index is 13.8. The minimum atomic E-state index is -0.483. The third-order valence-electron chi connectivity index (χ3n) is 3.89. The van der Waals surface area contributed by atoms with E-state index in [1.807, 2.05) is 38.1 Å². The fourth-order valence-corrected chi connectivity index (χ4v) is 2.49. The summed E-state index contributed by atoms with van der Waals surface area (Å²) in [5.41, 5.74) is 3.62. The molecule has 1 amide bonds. The van der Waals surface area contributed by atoms with Gasteiger partial charge >= 0.3 is 0 Å². The maximum Gasteiger partial charge on any atom is 0.262 e. The fourth-order valence-electron chi connectivity index (χ4n) is 2.49. The molecule has 3 aromatic rings. The number of nitrogens with zero attached hydrogens (tertiary/aromatic N) is 2. The summed E-state index contributed by atoms with van der Waals surface area (Å²) in [5.74, 6) is -0.138. The van der Waals surface area contributed by atoms with Gasteiger partial charge in [-0.15, -0.1) is 0 Å². The minimum Gasteiger partial charge on any atom is -0.467 e. The maximum atomic E-state index is 13.8. The predicted octanol–water partition coefficient (Wildman–Crippen LogP) is 4.23. The molecular formula is C21H20FN3O2. The van der Waals surface area contributed by atoms with Crippen LogP contribution in [0.3, 0.4) is 0 Å². The van der Waals surface area contributed by atoms with Gasteiger partial charge < -0.3 is 10.1 Å². The van der Waals surface area contributed by atoms with Crippen molar-refractivity contribution >= 4 is 11.6 Å². The molecule has 0 aliphatic heterocycles. The van der Waals surface area contributed by atoms with Gasteiger partial charge in [0.15, 0.2) is 12.4 Å². The third-order valence-corrected chi connectivity index (χ3v) is 3.89. The summed E-state index contributed by atoms with van der Waals surface area (Å²) in [4.78, 5) is 20.8. The molecule has 1 N–H and O–H groups in total. The van der Waals surface area contributed by atoms with Crippen LogP contribution < -0.4 is 10.1 Å². The Morgan fingerprint density at radius 2 is 1.70 bits per heavy atom. The van der Waals surface area contributed by atoms with Crippen molar-refractivity contribution in [2.24, 2.45) is 0 Å². The van der Waals surface area contributed by atoms with Crippen molar-refractivity contribution < 1.29 is 13.9 Å². The van der Waals surface area contributed by atoms with Gasteiger partial charge in [-0.2, -0.15) is 4.98 Å². The van der Waals surface area contributed by atoms with E-state index in [0.717, 1.165) is 22.4 Å². The van der Waals surface area contributed by atoms with E-state index in [0.29, 0.717) is 5.82 Å². The third kappa shape index (κ3) is 4.88. The summed E-state index contributed by atoms with van der Waals surface area (Å²) in [6, 6.07) is 14.1. The monoisotopic (exact) mass is 365 g/mol. The van der Waals surface area contributed by atoms with Crippen LogP contribution in [0.5, 0.6) is 5.88 Å². The number of anilines is 1. The quantitative estimate of drug-likeness (QED) is 0.735. The predicted molar refractivity (Wildman–Crippen MR) is 102 cm³/mol. The van der Waals surface area contributed by atoms with Crippen molar-refractivity contribution in [1.29, 1.82) is 0 Å². The first-order valence-electron chi connectivity index (χ1n) is 8.52. The molecule has 0 bridgehead atoms. The molecule has 3 rings (SSSR count). The minimum absolute atomic E-state index is 0.119. The van der Waals surface area contributed by atoms with Crippen LogP contribution in [0.1, 0.15) is 16.8 Å². The smallest absolute Gasteiger partial charge is 0.262 e. The van der Waals surface area contributed by atoms with E-state index < -0.39 is 11.7 Å². The fraction of sp³-hybridized carbons (Fsp3) is 0.190. The van der Waals surface area contributed by atoms with Gasteiger partial charge in [-0.25, -0.2) is 9.37 Å². The number of aromatic nitrogens is 2. The van der Waals surface area contributed by atoms with Gasteiger partial charge in [0.25, 0.3) is 5.91 Å². The number of amides is 1. The largest absolute Gasteiger partial charge is 0.467 e. The Bertz CT molecular complexity index is 972. The Morgan fingerprint density at radius 3 is 2.41 bits per heavy atom. The number of nitrogens with one attached hydrogen (secondary N) is 1. The topological polar surface area (TPSA) is 64.1 Å². The Morgan fingerprint density at radius 1 is 1.00 bits per heavy atom. The second-order valence-corrected chi connectivity index (χ2v) is 6.36. The van der Waals surface area contributed by atoms with Crippen LogP contribution in [0.2, 0.25) is 0 Å². The number of rotatable bonds is 5. The van der Waals surface area contributed by atoms with Gasteiger partial charge in [0, 0.05) is 17.3 Å². The van der Waals surface area contributed by atoms with E-state index in [2.05, 4.69) is 15.3 Å². The van der Waals surface area contributed by atoms with Gasteiger partial charge in [-0.05, 0) is 38.5 Å². The van der Waals surface area contributed by atoms with Crippen LogP contribution >= 0.6 is 0 Å². The Labute approximate surface area is 157 Å². The van der Waals surface area contributed by atoms with Gasteiger partial charge in [0.1, 0.15) is 5.82 Å². The van der Waals surface area contributed by atoms with Crippen LogP contribution in [0.25, 0.3) is 11.4 Å². The number of benzene rings is 2. The molecule has 0 unspecified atom stereocenters. The summed E-state index contributed by atoms with van der Waals surface area (Å²) in [6.45, 7) is 5.33. The Hall–Kier alpha value is -3.28. The highest BCUT2D eigenvalue weighted by molar-refractivity contribution is 5.92. The molecule has 2 aromatic carbocycles. The van der Waals surface area contributed by atoms with Gasteiger partial charge in [-0.3, -0.25) is 4.79 Å². The molecule has 0 saturated heterocycles. The van der Waals surface area contributed by atoms with Gasteiger partial charge in [-0.1, -0.05) is 35.9 Å². The second kappa shape index (κ2) is 7.95. The van der Waals surface area contributed by atoms with Crippen molar-refractivity contribution in [2.45, 2.75) is 20.8 Å². The normalized spacial score (nSPS) is 10.5. The number of ether oxygens (including phenoxy) is 1. The molecule has 0 spiro atoms. The number of carbonyl (C=O) groups is 1. The zero-order valence-electron chi connectivity index (χ0n) is 15.4. The second-order valence-electron chi connectivity index (χ2n) is 6.36. The van der Waals surface area contributed by atoms with Crippen molar-refractivity contribution in [1.82, 2.24) is 9.97 Å². The standard InChI is InChI=1S/C21H20FN3O2/c1-13-4-7-16(8-5-13)21-23-15(3)11-20(25-21)27-12-19(26)24-18-9-6-14(2)10-17(18)22/h4-11H,12H2,1-3H3,(H,24,26). The van der Waals surface area contributed by atoms with Crippen LogP contribution in [0, 0.1) is 26.6 Å². The lowest BCUT2D eigenvalue weighted by molar-refractivity contribution is -0.118. The number of carbonyl (C=O) groups excluding carboxylic acids is 1. The summed E-state index contributed by atoms with van der Waals surface area (Å²) >= 11 is 0. The number of aryl methyl sites for hydroxylation is 3. The molecule has 6 heteroatoms. The SMILES string of the molecule is Cc1ccc(-c2nc(C)cc(OCC(=O)Nc3ccc(C)cc3F)n2)cc1. The lowest BCUT2D eigenvalue weighted by atomic mass is 10.1. The molecule has 0 atom stereocenters. The summed E-state index contributed by atoms with van der Waals surface area (Å²) < 4.78 is 19.3. The van der Waals surface area contributed by atoms with E-state index in [4.69, 9.17) is 4.74 Å². The van der Waals surface area contributed by atoms with Crippen LogP contribution in [-0.4, -0.2) is 22.5 Å². The molecule has 1 aromatic heterocycles. The number of halogens is 1. The first-order valence-corrected chi connectivity index (χ1v) is 8.52. The van der Waals surface area contributed by atoms with E-state index in [-0.39, 0.29) is 18.2 Å². The number of hydrogen-bond acceptors (Lipinski definition) is 4. The summed E-state index contributed by atoms with van der Waals surface area (Å²) in [6.07, 6.45) is 0. The molecule has 0 aliphatic carbocycles. The summed E-state index contributed by atoms with van der Waals surface area (Å²) in [5, 5.41) is 2.49. The molecule has 27 heavy (non-hydrogen) atoms. The first-order chi connectivity index (χ1) is 12.9. The van der Waals surface area contributed by atoms with Crippen LogP contribution in [-0.2, 0) is 4.79 Å². The molecule has 0 fully saturated rings. The molecule has 138 valence electrons. The average molecular weight is 365 g/mol. The molecule has 5 nitrogen and oxygen atoms in total. The highest BCUT2D eigenvalue weighted by Gasteiger charge is 2.10. The lowest BCUT2D eigenvalue weighted by Crippen LogP contribution is -2.21.